The smallest absolute Gasteiger partial charge is 0.217 e. The first-order chi connectivity index (χ1) is 8.24. The molecular formula is C12H8N4O. The van der Waals surface area contributed by atoms with Gasteiger partial charge in [-0.25, -0.2) is 4.68 Å². The highest BCUT2D eigenvalue weighted by atomic mass is 16.5. The molecule has 0 spiro atoms. The van der Waals surface area contributed by atoms with Crippen LogP contribution in [0.15, 0.2) is 30.5 Å². The molecule has 0 aliphatic carbocycles. The monoisotopic (exact) mass is 224 g/mol. The van der Waals surface area contributed by atoms with Crippen LogP contribution < -0.4 is 4.74 Å². The molecule has 17 heavy (non-hydrogen) atoms. The molecule has 5 heteroatoms. The van der Waals surface area contributed by atoms with Gasteiger partial charge in [0.2, 0.25) is 5.88 Å². The minimum Gasteiger partial charge on any atom is -0.438 e. The lowest BCUT2D eigenvalue weighted by molar-refractivity contribution is 0.429. The fraction of sp³-hybridized carbons (Fsp3) is 0.0833. The molecule has 1 heterocycles. The minimum atomic E-state index is 0.324. The van der Waals surface area contributed by atoms with E-state index >= 15 is 0 Å². The summed E-state index contributed by atoms with van der Waals surface area (Å²) in [4.78, 5) is 0. The summed E-state index contributed by atoms with van der Waals surface area (Å²) >= 11 is 0. The van der Waals surface area contributed by atoms with E-state index in [1.54, 1.807) is 36.1 Å². The molecule has 0 amide bonds. The van der Waals surface area contributed by atoms with Crippen molar-refractivity contribution >= 4 is 0 Å². The van der Waals surface area contributed by atoms with Gasteiger partial charge in [0, 0.05) is 13.1 Å². The zero-order chi connectivity index (χ0) is 12.3. The van der Waals surface area contributed by atoms with Crippen LogP contribution in [0.2, 0.25) is 0 Å². The summed E-state index contributed by atoms with van der Waals surface area (Å²) in [7, 11) is 1.74. The standard InChI is InChI=1S/C12H8N4O/c1-16-12(4-5-15-16)17-11-3-2-9(7-13)6-10(11)8-14/h2-6H,1H3. The second-order valence-corrected chi connectivity index (χ2v) is 3.33. The van der Waals surface area contributed by atoms with Crippen LogP contribution in [0.25, 0.3) is 0 Å². The van der Waals surface area contributed by atoms with Crippen molar-refractivity contribution in [2.24, 2.45) is 7.05 Å². The maximum Gasteiger partial charge on any atom is 0.217 e. The number of nitriles is 2. The van der Waals surface area contributed by atoms with Gasteiger partial charge in [0.1, 0.15) is 11.8 Å². The van der Waals surface area contributed by atoms with Crippen LogP contribution in [0.3, 0.4) is 0 Å². The molecule has 1 aromatic heterocycles. The lowest BCUT2D eigenvalue weighted by atomic mass is 10.1. The molecule has 2 aromatic rings. The maximum atomic E-state index is 8.97. The van der Waals surface area contributed by atoms with Crippen molar-refractivity contribution in [1.82, 2.24) is 9.78 Å². The summed E-state index contributed by atoms with van der Waals surface area (Å²) in [6.45, 7) is 0. The number of benzene rings is 1. The van der Waals surface area contributed by atoms with Crippen molar-refractivity contribution in [3.63, 3.8) is 0 Å². The highest BCUT2D eigenvalue weighted by molar-refractivity contribution is 5.49. The third-order valence-electron chi connectivity index (χ3n) is 2.22. The summed E-state index contributed by atoms with van der Waals surface area (Å²) in [6.07, 6.45) is 1.60. The number of aromatic nitrogens is 2. The van der Waals surface area contributed by atoms with Gasteiger partial charge in [0.25, 0.3) is 0 Å². The first-order valence-corrected chi connectivity index (χ1v) is 4.84. The van der Waals surface area contributed by atoms with Gasteiger partial charge in [-0.15, -0.1) is 0 Å². The van der Waals surface area contributed by atoms with Crippen molar-refractivity contribution in [1.29, 1.82) is 10.5 Å². The molecule has 0 fully saturated rings. The van der Waals surface area contributed by atoms with E-state index in [1.165, 1.54) is 6.07 Å². The topological polar surface area (TPSA) is 74.6 Å². The van der Waals surface area contributed by atoms with E-state index in [1.807, 2.05) is 12.1 Å². The molecule has 1 aromatic carbocycles. The molecule has 0 aliphatic rings. The zero-order valence-corrected chi connectivity index (χ0v) is 9.08. The highest BCUT2D eigenvalue weighted by Crippen LogP contribution is 2.25. The summed E-state index contributed by atoms with van der Waals surface area (Å²) < 4.78 is 7.09. The predicted octanol–water partition coefficient (Wildman–Crippen LogP) is 1.96. The Morgan fingerprint density at radius 3 is 2.65 bits per heavy atom. The largest absolute Gasteiger partial charge is 0.438 e. The molecule has 0 aliphatic heterocycles. The predicted molar refractivity (Wildman–Crippen MR) is 59.2 cm³/mol. The Bertz CT molecular complexity index is 631. The van der Waals surface area contributed by atoms with Crippen LogP contribution in [-0.2, 0) is 7.05 Å². The fourth-order valence-corrected chi connectivity index (χ4v) is 1.35. The van der Waals surface area contributed by atoms with E-state index in [0.29, 0.717) is 22.8 Å². The van der Waals surface area contributed by atoms with Crippen molar-refractivity contribution in [2.45, 2.75) is 0 Å². The van der Waals surface area contributed by atoms with Gasteiger partial charge in [-0.1, -0.05) is 0 Å². The van der Waals surface area contributed by atoms with E-state index in [2.05, 4.69) is 5.10 Å². The Balaban J connectivity index is 2.38. The second kappa shape index (κ2) is 4.38. The number of aryl methyl sites for hydroxylation is 1. The van der Waals surface area contributed by atoms with Gasteiger partial charge in [0.05, 0.1) is 23.4 Å². The number of hydrogen-bond acceptors (Lipinski definition) is 4. The van der Waals surface area contributed by atoms with Crippen molar-refractivity contribution in [2.75, 3.05) is 0 Å². The highest BCUT2D eigenvalue weighted by Gasteiger charge is 2.08. The van der Waals surface area contributed by atoms with E-state index < -0.39 is 0 Å². The third kappa shape index (κ3) is 2.09. The molecule has 0 saturated carbocycles. The van der Waals surface area contributed by atoms with Crippen molar-refractivity contribution < 1.29 is 4.74 Å². The number of ether oxygens (including phenoxy) is 1. The van der Waals surface area contributed by atoms with E-state index in [4.69, 9.17) is 15.3 Å². The molecule has 2 rings (SSSR count). The first-order valence-electron chi connectivity index (χ1n) is 4.84. The van der Waals surface area contributed by atoms with Crippen LogP contribution in [-0.4, -0.2) is 9.78 Å². The van der Waals surface area contributed by atoms with Gasteiger partial charge >= 0.3 is 0 Å². The van der Waals surface area contributed by atoms with Crippen LogP contribution in [0.1, 0.15) is 11.1 Å². The van der Waals surface area contributed by atoms with E-state index in [9.17, 15) is 0 Å². The summed E-state index contributed by atoms with van der Waals surface area (Å²) in [5, 5.41) is 21.7. The molecule has 0 radical (unpaired) electrons. The van der Waals surface area contributed by atoms with Gasteiger partial charge in [-0.2, -0.15) is 15.6 Å². The first kappa shape index (κ1) is 10.7. The molecule has 0 atom stereocenters. The minimum absolute atomic E-state index is 0.324. The van der Waals surface area contributed by atoms with Crippen LogP contribution in [0.5, 0.6) is 11.6 Å². The van der Waals surface area contributed by atoms with Gasteiger partial charge in [-0.05, 0) is 18.2 Å². The number of hydrogen-bond donors (Lipinski definition) is 0. The average molecular weight is 224 g/mol. The van der Waals surface area contributed by atoms with E-state index in [0.717, 1.165) is 0 Å². The lowest BCUT2D eigenvalue weighted by Gasteiger charge is -2.06. The molecular weight excluding hydrogens is 216 g/mol. The van der Waals surface area contributed by atoms with Gasteiger partial charge in [-0.3, -0.25) is 0 Å². The zero-order valence-electron chi connectivity index (χ0n) is 9.08. The molecule has 5 nitrogen and oxygen atoms in total. The van der Waals surface area contributed by atoms with Crippen LogP contribution >= 0.6 is 0 Å². The number of rotatable bonds is 2. The third-order valence-corrected chi connectivity index (χ3v) is 2.22. The SMILES string of the molecule is Cn1nccc1Oc1ccc(C#N)cc1C#N. The average Bonchev–Trinajstić information content (AvgIpc) is 2.75. The van der Waals surface area contributed by atoms with Crippen LogP contribution in [0, 0.1) is 22.7 Å². The summed E-state index contributed by atoms with van der Waals surface area (Å²) in [5.74, 6) is 0.946. The maximum absolute atomic E-state index is 8.97. The Morgan fingerprint density at radius 1 is 1.24 bits per heavy atom. The van der Waals surface area contributed by atoms with Gasteiger partial charge in [0.15, 0.2) is 0 Å². The number of nitrogens with zero attached hydrogens (tertiary/aromatic N) is 4. The Morgan fingerprint density at radius 2 is 2.06 bits per heavy atom. The van der Waals surface area contributed by atoms with Crippen molar-refractivity contribution in [3.05, 3.63) is 41.6 Å². The Labute approximate surface area is 98.1 Å². The molecule has 82 valence electrons. The quantitative estimate of drug-likeness (QED) is 0.781. The normalized spacial score (nSPS) is 9.35. The summed E-state index contributed by atoms with van der Waals surface area (Å²) in [5.41, 5.74) is 0.754. The molecule has 0 bridgehead atoms. The second-order valence-electron chi connectivity index (χ2n) is 3.33. The van der Waals surface area contributed by atoms with Gasteiger partial charge < -0.3 is 4.74 Å². The Hall–Kier alpha value is -2.79. The summed E-state index contributed by atoms with van der Waals surface area (Å²) in [6, 6.07) is 10.4. The Kier molecular flexibility index (Phi) is 2.76. The molecule has 0 N–H and O–H groups in total. The van der Waals surface area contributed by atoms with Crippen molar-refractivity contribution in [3.8, 4) is 23.8 Å². The van der Waals surface area contributed by atoms with E-state index in [-0.39, 0.29) is 0 Å². The fourth-order valence-electron chi connectivity index (χ4n) is 1.35. The lowest BCUT2D eigenvalue weighted by Crippen LogP contribution is -1.96. The van der Waals surface area contributed by atoms with Crippen LogP contribution in [0.4, 0.5) is 0 Å². The molecule has 0 unspecified atom stereocenters. The molecule has 0 saturated heterocycles.